The summed E-state index contributed by atoms with van der Waals surface area (Å²) in [6, 6.07) is 18.6. The van der Waals surface area contributed by atoms with Crippen molar-refractivity contribution in [3.8, 4) is 22.8 Å². The number of rotatable bonds is 0. The average molecular weight is 764 g/mol. The van der Waals surface area contributed by atoms with Gasteiger partial charge >= 0.3 is 0 Å². The van der Waals surface area contributed by atoms with Gasteiger partial charge in [0.05, 0.1) is 0 Å². The fourth-order valence-corrected chi connectivity index (χ4v) is 6.64. The molecule has 158 valence electrons. The summed E-state index contributed by atoms with van der Waals surface area (Å²) in [6.45, 7) is 0. The number of halogens is 3. The summed E-state index contributed by atoms with van der Waals surface area (Å²) in [5, 5.41) is 4.14. The van der Waals surface area contributed by atoms with E-state index in [1.54, 1.807) is 0 Å². The number of hydrogen-bond acceptors (Lipinski definition) is 4. The second-order valence-corrected chi connectivity index (χ2v) is 11.2. The molecule has 9 heteroatoms. The first-order chi connectivity index (χ1) is 16.1. The SMILES string of the molecule is Ic1cccc2c1-c1nc-2nc2[nH]c(nc3[nH]c(n1)c1cccc(I)c31)c1c(I)cccc21. The summed E-state index contributed by atoms with van der Waals surface area (Å²) in [6.07, 6.45) is 0. The van der Waals surface area contributed by atoms with Crippen LogP contribution in [0.15, 0.2) is 54.6 Å². The third-order valence-electron chi connectivity index (χ3n) is 5.83. The molecule has 1 aliphatic rings. The largest absolute Gasteiger partial charge is 0.324 e. The first kappa shape index (κ1) is 20.3. The lowest BCUT2D eigenvalue weighted by Crippen LogP contribution is -1.85. The molecule has 0 radical (unpaired) electrons. The highest BCUT2D eigenvalue weighted by molar-refractivity contribution is 14.1. The Morgan fingerprint density at radius 2 is 1.06 bits per heavy atom. The van der Waals surface area contributed by atoms with Gasteiger partial charge in [-0.25, -0.2) is 19.9 Å². The molecule has 7 rings (SSSR count). The number of fused-ring (bicyclic) bond motifs is 15. The van der Waals surface area contributed by atoms with Crippen molar-refractivity contribution in [2.45, 2.75) is 0 Å². The molecule has 0 spiro atoms. The van der Waals surface area contributed by atoms with E-state index in [1.807, 2.05) is 18.2 Å². The van der Waals surface area contributed by atoms with E-state index in [4.69, 9.17) is 19.9 Å². The van der Waals surface area contributed by atoms with Crippen LogP contribution in [0.1, 0.15) is 0 Å². The van der Waals surface area contributed by atoms with Gasteiger partial charge in [0.15, 0.2) is 11.6 Å². The predicted octanol–water partition coefficient (Wildman–Crippen LogP) is 7.12. The van der Waals surface area contributed by atoms with Gasteiger partial charge in [-0.05, 0) is 86.0 Å². The minimum absolute atomic E-state index is 0.655. The van der Waals surface area contributed by atoms with E-state index in [9.17, 15) is 0 Å². The maximum atomic E-state index is 5.06. The summed E-state index contributed by atoms with van der Waals surface area (Å²) >= 11 is 7.07. The molecule has 1 aliphatic heterocycles. The predicted molar refractivity (Wildman–Crippen MR) is 157 cm³/mol. The third kappa shape index (κ3) is 3.00. The molecule has 3 aromatic heterocycles. The van der Waals surface area contributed by atoms with E-state index >= 15 is 0 Å². The molecule has 6 aromatic rings. The Labute approximate surface area is 227 Å². The van der Waals surface area contributed by atoms with E-state index < -0.39 is 0 Å². The van der Waals surface area contributed by atoms with Crippen LogP contribution in [0, 0.1) is 10.7 Å². The zero-order chi connectivity index (χ0) is 22.3. The molecule has 2 N–H and O–H groups in total. The average Bonchev–Trinajstić information content (AvgIpc) is 3.44. The van der Waals surface area contributed by atoms with Crippen molar-refractivity contribution in [2.75, 3.05) is 0 Å². The van der Waals surface area contributed by atoms with Gasteiger partial charge in [0.1, 0.15) is 22.6 Å². The summed E-state index contributed by atoms with van der Waals surface area (Å²) in [4.78, 5) is 26.9. The van der Waals surface area contributed by atoms with Crippen molar-refractivity contribution >= 4 is 112 Å². The van der Waals surface area contributed by atoms with Crippen LogP contribution in [0.4, 0.5) is 0 Å². The quantitative estimate of drug-likeness (QED) is 0.161. The highest BCUT2D eigenvalue weighted by Gasteiger charge is 2.22. The molecular weight excluding hydrogens is 753 g/mol. The molecule has 0 fully saturated rings. The Kier molecular flexibility index (Phi) is 4.56. The number of nitrogens with one attached hydrogen (secondary N) is 2. The van der Waals surface area contributed by atoms with Crippen LogP contribution in [0.2, 0.25) is 0 Å². The number of aromatic amines is 2. The van der Waals surface area contributed by atoms with Crippen LogP contribution in [-0.4, -0.2) is 29.9 Å². The lowest BCUT2D eigenvalue weighted by atomic mass is 10.1. The van der Waals surface area contributed by atoms with Crippen molar-refractivity contribution < 1.29 is 0 Å². The second-order valence-electron chi connectivity index (χ2n) is 7.73. The molecule has 0 saturated carbocycles. The first-order valence-electron chi connectivity index (χ1n) is 10.1. The van der Waals surface area contributed by atoms with E-state index in [0.29, 0.717) is 11.6 Å². The van der Waals surface area contributed by atoms with Crippen molar-refractivity contribution in [3.05, 3.63) is 65.3 Å². The van der Waals surface area contributed by atoms with Gasteiger partial charge in [0.25, 0.3) is 0 Å². The molecular formula is C24H11I3N6. The van der Waals surface area contributed by atoms with Crippen molar-refractivity contribution in [3.63, 3.8) is 0 Å². The van der Waals surface area contributed by atoms with E-state index in [2.05, 4.69) is 114 Å². The fourth-order valence-electron chi connectivity index (χ4n) is 4.40. The molecule has 0 unspecified atom stereocenters. The van der Waals surface area contributed by atoms with E-state index in [1.165, 1.54) is 0 Å². The van der Waals surface area contributed by atoms with Gasteiger partial charge in [-0.1, -0.05) is 36.4 Å². The van der Waals surface area contributed by atoms with Gasteiger partial charge in [0, 0.05) is 43.4 Å². The summed E-state index contributed by atoms with van der Waals surface area (Å²) in [7, 11) is 0. The lowest BCUT2D eigenvalue weighted by molar-refractivity contribution is 1.20. The smallest absolute Gasteiger partial charge is 0.165 e. The highest BCUT2D eigenvalue weighted by Crippen LogP contribution is 2.38. The normalized spacial score (nSPS) is 12.1. The molecule has 6 bridgehead atoms. The molecule has 3 aromatic carbocycles. The number of hydrogen-bond donors (Lipinski definition) is 2. The molecule has 33 heavy (non-hydrogen) atoms. The number of nitrogens with zero attached hydrogens (tertiary/aromatic N) is 4. The van der Waals surface area contributed by atoms with Gasteiger partial charge in [-0.2, -0.15) is 0 Å². The number of aromatic nitrogens is 6. The Balaban J connectivity index is 1.81. The van der Waals surface area contributed by atoms with Crippen LogP contribution >= 0.6 is 67.8 Å². The maximum Gasteiger partial charge on any atom is 0.165 e. The molecule has 0 saturated heterocycles. The molecule has 4 heterocycles. The Morgan fingerprint density at radius 1 is 0.515 bits per heavy atom. The number of H-pyrrole nitrogens is 2. The monoisotopic (exact) mass is 764 g/mol. The maximum absolute atomic E-state index is 5.06. The van der Waals surface area contributed by atoms with E-state index in [0.717, 1.165) is 66.0 Å². The second kappa shape index (κ2) is 7.43. The summed E-state index contributed by atoms with van der Waals surface area (Å²) < 4.78 is 3.32. The third-order valence-corrected chi connectivity index (χ3v) is 8.53. The van der Waals surface area contributed by atoms with Gasteiger partial charge < -0.3 is 9.97 Å². The standard InChI is InChI=1S/C24H11I3N6/c25-13-7-1-4-10-16(13)22-29-19(10)28-20-11-5-2-8-14(26)17(11)23(30-20)33-24-18-12(21(31-22)32-24)6-3-9-15(18)27/h1-9H,(H2,28,29,30,31,32,33). The summed E-state index contributed by atoms with van der Waals surface area (Å²) in [5.74, 6) is 1.32. The van der Waals surface area contributed by atoms with Gasteiger partial charge in [0.2, 0.25) is 0 Å². The van der Waals surface area contributed by atoms with Crippen LogP contribution in [0.25, 0.3) is 66.9 Å². The summed E-state index contributed by atoms with van der Waals surface area (Å²) in [5.41, 5.74) is 5.03. The molecule has 0 amide bonds. The van der Waals surface area contributed by atoms with Crippen molar-refractivity contribution in [2.24, 2.45) is 0 Å². The van der Waals surface area contributed by atoms with Gasteiger partial charge in [-0.15, -0.1) is 0 Å². The lowest BCUT2D eigenvalue weighted by Gasteiger charge is -2.00. The van der Waals surface area contributed by atoms with E-state index in [-0.39, 0.29) is 0 Å². The van der Waals surface area contributed by atoms with Crippen LogP contribution in [0.5, 0.6) is 0 Å². The molecule has 6 nitrogen and oxygen atoms in total. The minimum atomic E-state index is 0.655. The molecule has 0 aliphatic carbocycles. The van der Waals surface area contributed by atoms with Crippen LogP contribution in [-0.2, 0) is 0 Å². The highest BCUT2D eigenvalue weighted by atomic mass is 127. The number of benzene rings is 3. The van der Waals surface area contributed by atoms with Crippen molar-refractivity contribution in [1.82, 2.24) is 29.9 Å². The topological polar surface area (TPSA) is 83.1 Å². The first-order valence-corrected chi connectivity index (χ1v) is 13.3. The van der Waals surface area contributed by atoms with Gasteiger partial charge in [-0.3, -0.25) is 0 Å². The van der Waals surface area contributed by atoms with Crippen molar-refractivity contribution in [1.29, 1.82) is 0 Å². The Morgan fingerprint density at radius 3 is 1.70 bits per heavy atom. The zero-order valence-corrected chi connectivity index (χ0v) is 23.1. The Bertz CT molecular complexity index is 1870. The minimum Gasteiger partial charge on any atom is -0.324 e. The Hall–Kier alpha value is -2.13. The van der Waals surface area contributed by atoms with Crippen LogP contribution < -0.4 is 0 Å². The van der Waals surface area contributed by atoms with Crippen LogP contribution in [0.3, 0.4) is 0 Å². The molecule has 0 atom stereocenters. The zero-order valence-electron chi connectivity index (χ0n) is 16.6. The fraction of sp³-hybridized carbons (Fsp3) is 0.